The number of ether oxygens (including phenoxy) is 2. The number of nitrogens with one attached hydrogen (secondary N) is 2. The second-order valence-corrected chi connectivity index (χ2v) is 9.60. The number of hydrogen-bond acceptors (Lipinski definition) is 7. The number of unbranched alkanes of at least 4 members (excludes halogenated alkanes) is 2. The minimum atomic E-state index is -4.34. The molecule has 1 aromatic carbocycles. The number of aliphatic hydroxyl groups is 3. The Morgan fingerprint density at radius 3 is 2.58 bits per heavy atom. The second-order valence-electron chi connectivity index (χ2n) is 7.83. The summed E-state index contributed by atoms with van der Waals surface area (Å²) < 4.78 is 22.2. The maximum Gasteiger partial charge on any atom is 0.325 e. The van der Waals surface area contributed by atoms with Crippen LogP contribution in [-0.4, -0.2) is 74.6 Å². The SMILES string of the molecule is C#CCCCCNC(=O)Nc1ccc(O[C@H]2O[C@H](CCP(=O)(O)O)[C@@H](O)[C@H](O)[C@@H]2O)cc1C. The molecular formula is C21H31N2O9P. The maximum absolute atomic E-state index is 12.0. The van der Waals surface area contributed by atoms with Crippen molar-refractivity contribution in [2.45, 2.75) is 63.3 Å². The maximum atomic E-state index is 12.0. The molecule has 0 radical (unpaired) electrons. The first-order chi connectivity index (χ1) is 15.5. The van der Waals surface area contributed by atoms with Crippen molar-refractivity contribution in [2.75, 3.05) is 18.0 Å². The summed E-state index contributed by atoms with van der Waals surface area (Å²) in [5.41, 5.74) is 1.18. The van der Waals surface area contributed by atoms with Gasteiger partial charge in [0.25, 0.3) is 0 Å². The number of carbonyl (C=O) groups is 1. The van der Waals surface area contributed by atoms with Gasteiger partial charge in [-0.2, -0.15) is 0 Å². The van der Waals surface area contributed by atoms with Gasteiger partial charge in [-0.3, -0.25) is 4.57 Å². The molecule has 2 amide bonds. The van der Waals surface area contributed by atoms with Gasteiger partial charge in [0.15, 0.2) is 0 Å². The van der Waals surface area contributed by atoms with Gasteiger partial charge >= 0.3 is 13.6 Å². The van der Waals surface area contributed by atoms with E-state index in [0.29, 0.717) is 24.2 Å². The summed E-state index contributed by atoms with van der Waals surface area (Å²) >= 11 is 0. The third kappa shape index (κ3) is 8.61. The summed E-state index contributed by atoms with van der Waals surface area (Å²) in [5, 5.41) is 35.8. The Kier molecular flexibility index (Phi) is 10.1. The standard InChI is InChI=1S/C21H31N2O9P/c1-3-4-5-6-10-22-21(27)23-15-8-7-14(12-13(15)2)31-20-19(26)18(25)17(24)16(32-20)9-11-33(28,29)30/h1,7-8,12,16-20,24-26H,4-6,9-11H2,2H3,(H2,22,23,27)(H2,28,29,30)/t16-,17-,18+,19+,20+/m1/s1. The zero-order chi connectivity index (χ0) is 24.6. The van der Waals surface area contributed by atoms with Gasteiger partial charge in [0.05, 0.1) is 12.3 Å². The average Bonchev–Trinajstić information content (AvgIpc) is 2.74. The topological polar surface area (TPSA) is 178 Å². The molecule has 1 fully saturated rings. The van der Waals surface area contributed by atoms with Crippen LogP contribution in [0, 0.1) is 19.3 Å². The van der Waals surface area contributed by atoms with Gasteiger partial charge in [-0.25, -0.2) is 4.79 Å². The molecule has 1 aliphatic rings. The van der Waals surface area contributed by atoms with Crippen molar-refractivity contribution < 1.29 is 43.9 Å². The van der Waals surface area contributed by atoms with Crippen molar-refractivity contribution in [3.8, 4) is 18.1 Å². The van der Waals surface area contributed by atoms with E-state index < -0.39 is 44.5 Å². The molecule has 0 spiro atoms. The van der Waals surface area contributed by atoms with Crippen molar-refractivity contribution in [3.05, 3.63) is 23.8 Å². The molecule has 0 aliphatic carbocycles. The Labute approximate surface area is 192 Å². The molecule has 1 saturated heterocycles. The largest absolute Gasteiger partial charge is 0.462 e. The summed E-state index contributed by atoms with van der Waals surface area (Å²) in [6.45, 7) is 2.22. The van der Waals surface area contributed by atoms with Crippen LogP contribution in [-0.2, 0) is 9.30 Å². The normalized spacial score (nSPS) is 25.2. The zero-order valence-electron chi connectivity index (χ0n) is 18.3. The number of benzene rings is 1. The Balaban J connectivity index is 1.96. The number of amides is 2. The van der Waals surface area contributed by atoms with Gasteiger partial charge in [0, 0.05) is 18.7 Å². The van der Waals surface area contributed by atoms with Crippen LogP contribution in [0.1, 0.15) is 31.2 Å². The first kappa shape index (κ1) is 27.1. The van der Waals surface area contributed by atoms with E-state index in [1.807, 2.05) is 0 Å². The summed E-state index contributed by atoms with van der Waals surface area (Å²) in [7, 11) is -4.34. The van der Waals surface area contributed by atoms with Gasteiger partial charge in [0.1, 0.15) is 24.1 Å². The Morgan fingerprint density at radius 2 is 1.94 bits per heavy atom. The molecule has 2 rings (SSSR count). The fraction of sp³-hybridized carbons (Fsp3) is 0.571. The first-order valence-electron chi connectivity index (χ1n) is 10.5. The number of terminal acetylenes is 1. The van der Waals surface area contributed by atoms with Gasteiger partial charge in [0.2, 0.25) is 6.29 Å². The highest BCUT2D eigenvalue weighted by molar-refractivity contribution is 7.51. The predicted octanol–water partition coefficient (Wildman–Crippen LogP) is 0.674. The molecule has 0 bridgehead atoms. The Bertz CT molecular complexity index is 885. The average molecular weight is 486 g/mol. The van der Waals surface area contributed by atoms with Crippen molar-refractivity contribution in [3.63, 3.8) is 0 Å². The third-order valence-electron chi connectivity index (χ3n) is 5.11. The Hall–Kier alpha value is -2.16. The summed E-state index contributed by atoms with van der Waals surface area (Å²) in [4.78, 5) is 30.1. The van der Waals surface area contributed by atoms with E-state index in [2.05, 4.69) is 16.6 Å². The lowest BCUT2D eigenvalue weighted by atomic mass is 9.97. The predicted molar refractivity (Wildman–Crippen MR) is 120 cm³/mol. The number of rotatable bonds is 10. The third-order valence-corrected chi connectivity index (χ3v) is 5.95. The summed E-state index contributed by atoms with van der Waals surface area (Å²) in [6, 6.07) is 4.33. The van der Waals surface area contributed by atoms with Gasteiger partial charge < -0.3 is 45.2 Å². The molecular weight excluding hydrogens is 455 g/mol. The number of urea groups is 1. The lowest BCUT2D eigenvalue weighted by Gasteiger charge is -2.40. The molecule has 0 unspecified atom stereocenters. The number of aliphatic hydroxyl groups excluding tert-OH is 3. The van der Waals surface area contributed by atoms with Crippen molar-refractivity contribution in [2.24, 2.45) is 0 Å². The van der Waals surface area contributed by atoms with Crippen LogP contribution in [0.15, 0.2) is 18.2 Å². The minimum absolute atomic E-state index is 0.241. The molecule has 33 heavy (non-hydrogen) atoms. The smallest absolute Gasteiger partial charge is 0.325 e. The van der Waals surface area contributed by atoms with Crippen molar-refractivity contribution in [1.29, 1.82) is 0 Å². The highest BCUT2D eigenvalue weighted by atomic mass is 31.2. The number of aryl methyl sites for hydroxylation is 1. The molecule has 1 aliphatic heterocycles. The van der Waals surface area contributed by atoms with Crippen molar-refractivity contribution in [1.82, 2.24) is 5.32 Å². The van der Waals surface area contributed by atoms with Gasteiger partial charge in [-0.1, -0.05) is 0 Å². The Morgan fingerprint density at radius 1 is 1.21 bits per heavy atom. The van der Waals surface area contributed by atoms with Crippen molar-refractivity contribution >= 4 is 19.3 Å². The molecule has 184 valence electrons. The number of hydrogen-bond donors (Lipinski definition) is 7. The second kappa shape index (κ2) is 12.3. The fourth-order valence-electron chi connectivity index (χ4n) is 3.25. The molecule has 5 atom stereocenters. The van der Waals surface area contributed by atoms with Crippen LogP contribution in [0.5, 0.6) is 5.75 Å². The molecule has 0 saturated carbocycles. The quantitative estimate of drug-likeness (QED) is 0.142. The van der Waals surface area contributed by atoms with E-state index in [-0.39, 0.29) is 18.2 Å². The van der Waals surface area contributed by atoms with E-state index in [4.69, 9.17) is 25.7 Å². The summed E-state index contributed by atoms with van der Waals surface area (Å²) in [6.07, 6.45) is -0.656. The summed E-state index contributed by atoms with van der Waals surface area (Å²) in [5.74, 6) is 2.80. The van der Waals surface area contributed by atoms with Crippen LogP contribution < -0.4 is 15.4 Å². The van der Waals surface area contributed by atoms with Crippen LogP contribution in [0.25, 0.3) is 0 Å². The van der Waals surface area contributed by atoms with Gasteiger partial charge in [-0.15, -0.1) is 12.3 Å². The zero-order valence-corrected chi connectivity index (χ0v) is 19.1. The highest BCUT2D eigenvalue weighted by Crippen LogP contribution is 2.37. The molecule has 1 aromatic rings. The van der Waals surface area contributed by atoms with Crippen LogP contribution in [0.2, 0.25) is 0 Å². The monoisotopic (exact) mass is 486 g/mol. The van der Waals surface area contributed by atoms with E-state index in [1.54, 1.807) is 19.1 Å². The van der Waals surface area contributed by atoms with E-state index in [0.717, 1.165) is 12.8 Å². The van der Waals surface area contributed by atoms with E-state index in [1.165, 1.54) is 6.07 Å². The molecule has 7 N–H and O–H groups in total. The number of carbonyl (C=O) groups excluding carboxylic acids is 1. The lowest BCUT2D eigenvalue weighted by molar-refractivity contribution is -0.272. The number of anilines is 1. The minimum Gasteiger partial charge on any atom is -0.462 e. The first-order valence-corrected chi connectivity index (χ1v) is 12.3. The van der Waals surface area contributed by atoms with Gasteiger partial charge in [-0.05, 0) is 49.9 Å². The van der Waals surface area contributed by atoms with E-state index in [9.17, 15) is 24.7 Å². The highest BCUT2D eigenvalue weighted by Gasteiger charge is 2.45. The lowest BCUT2D eigenvalue weighted by Crippen LogP contribution is -2.59. The molecule has 1 heterocycles. The molecule has 0 aromatic heterocycles. The fourth-order valence-corrected chi connectivity index (χ4v) is 3.84. The van der Waals surface area contributed by atoms with Crippen LogP contribution in [0.3, 0.4) is 0 Å². The van der Waals surface area contributed by atoms with Crippen LogP contribution >= 0.6 is 7.60 Å². The molecule has 11 nitrogen and oxygen atoms in total. The van der Waals surface area contributed by atoms with E-state index >= 15 is 0 Å². The molecule has 12 heteroatoms. The van der Waals surface area contributed by atoms with Crippen LogP contribution in [0.4, 0.5) is 10.5 Å².